The Kier molecular flexibility index (Phi) is 4.28. The molecule has 5 heteroatoms. The number of rotatable bonds is 1. The molecule has 0 aromatic heterocycles. The Bertz CT molecular complexity index is 309. The fourth-order valence-electron chi connectivity index (χ4n) is 0.816. The predicted octanol–water partition coefficient (Wildman–Crippen LogP) is 1.53. The zero-order valence-electron chi connectivity index (χ0n) is 7.85. The van der Waals surface area contributed by atoms with E-state index in [-0.39, 0.29) is 0 Å². The largest absolute Gasteiger partial charge is 0.508 e. The molecule has 0 saturated heterocycles. The molecule has 0 aliphatic rings. The second-order valence-electron chi connectivity index (χ2n) is 2.16. The number of carboxylic acid groups (broad SMARTS) is 1. The van der Waals surface area contributed by atoms with Crippen molar-refractivity contribution in [2.45, 2.75) is 13.8 Å². The summed E-state index contributed by atoms with van der Waals surface area (Å²) in [6.07, 6.45) is 0. The SMILES string of the molecule is CC.O=C(O)c1c(O)cc(O)cc1O. The van der Waals surface area contributed by atoms with Gasteiger partial charge in [0.25, 0.3) is 0 Å². The lowest BCUT2D eigenvalue weighted by atomic mass is 10.1. The molecule has 0 aliphatic heterocycles. The van der Waals surface area contributed by atoms with Crippen molar-refractivity contribution in [2.24, 2.45) is 0 Å². The van der Waals surface area contributed by atoms with Gasteiger partial charge < -0.3 is 20.4 Å². The van der Waals surface area contributed by atoms with Gasteiger partial charge in [0, 0.05) is 12.1 Å². The number of aromatic hydroxyl groups is 3. The zero-order valence-corrected chi connectivity index (χ0v) is 7.85. The minimum absolute atomic E-state index is 0.394. The second-order valence-corrected chi connectivity index (χ2v) is 2.16. The van der Waals surface area contributed by atoms with Gasteiger partial charge in [-0.3, -0.25) is 0 Å². The van der Waals surface area contributed by atoms with Crippen molar-refractivity contribution in [3.05, 3.63) is 17.7 Å². The molecule has 0 aliphatic carbocycles. The summed E-state index contributed by atoms with van der Waals surface area (Å²) in [5, 5.41) is 35.1. The maximum atomic E-state index is 10.4. The molecule has 14 heavy (non-hydrogen) atoms. The van der Waals surface area contributed by atoms with Gasteiger partial charge in [0.2, 0.25) is 0 Å². The summed E-state index contributed by atoms with van der Waals surface area (Å²) < 4.78 is 0. The van der Waals surface area contributed by atoms with Crippen LogP contribution in [-0.4, -0.2) is 26.4 Å². The number of phenols is 3. The van der Waals surface area contributed by atoms with E-state index in [1.165, 1.54) is 0 Å². The second kappa shape index (κ2) is 4.96. The molecule has 0 spiro atoms. The molecule has 0 heterocycles. The highest BCUT2D eigenvalue weighted by Crippen LogP contribution is 2.31. The highest BCUT2D eigenvalue weighted by molar-refractivity contribution is 5.94. The van der Waals surface area contributed by atoms with Crippen LogP contribution in [0.15, 0.2) is 12.1 Å². The third-order valence-electron chi connectivity index (χ3n) is 1.30. The first-order valence-electron chi connectivity index (χ1n) is 4.00. The lowest BCUT2D eigenvalue weighted by Gasteiger charge is -2.02. The Morgan fingerprint density at radius 2 is 1.43 bits per heavy atom. The van der Waals surface area contributed by atoms with Crippen LogP contribution in [0.3, 0.4) is 0 Å². The van der Waals surface area contributed by atoms with Gasteiger partial charge in [0.05, 0.1) is 0 Å². The summed E-state index contributed by atoms with van der Waals surface area (Å²) in [6, 6.07) is 1.67. The molecule has 0 atom stereocenters. The number of hydrogen-bond donors (Lipinski definition) is 4. The number of hydrogen-bond acceptors (Lipinski definition) is 4. The standard InChI is InChI=1S/C7H6O5.C2H6/c8-3-1-4(9)6(7(11)12)5(10)2-3;1-2/h1-2,8-10H,(H,11,12);1-2H3. The topological polar surface area (TPSA) is 98.0 Å². The minimum atomic E-state index is -1.45. The minimum Gasteiger partial charge on any atom is -0.508 e. The van der Waals surface area contributed by atoms with Crippen LogP contribution in [-0.2, 0) is 0 Å². The first-order valence-corrected chi connectivity index (χ1v) is 4.00. The maximum Gasteiger partial charge on any atom is 0.343 e. The van der Waals surface area contributed by atoms with Gasteiger partial charge in [-0.25, -0.2) is 4.79 Å². The molecule has 1 rings (SSSR count). The molecular formula is C9H12O5. The summed E-state index contributed by atoms with van der Waals surface area (Å²) in [7, 11) is 0. The fourth-order valence-corrected chi connectivity index (χ4v) is 0.816. The van der Waals surface area contributed by atoms with E-state index in [1.54, 1.807) is 0 Å². The Morgan fingerprint density at radius 3 is 1.71 bits per heavy atom. The molecule has 0 radical (unpaired) electrons. The smallest absolute Gasteiger partial charge is 0.343 e. The van der Waals surface area contributed by atoms with Crippen LogP contribution in [0.5, 0.6) is 17.2 Å². The van der Waals surface area contributed by atoms with E-state index in [0.717, 1.165) is 12.1 Å². The van der Waals surface area contributed by atoms with Crippen molar-refractivity contribution < 1.29 is 25.2 Å². The quantitative estimate of drug-likeness (QED) is 0.551. The highest BCUT2D eigenvalue weighted by atomic mass is 16.4. The maximum absolute atomic E-state index is 10.4. The first-order chi connectivity index (χ1) is 6.52. The Labute approximate surface area is 80.9 Å². The van der Waals surface area contributed by atoms with Crippen molar-refractivity contribution in [3.63, 3.8) is 0 Å². The van der Waals surface area contributed by atoms with E-state index in [9.17, 15) is 4.79 Å². The molecule has 5 nitrogen and oxygen atoms in total. The molecule has 1 aromatic carbocycles. The van der Waals surface area contributed by atoms with Gasteiger partial charge in [-0.2, -0.15) is 0 Å². The van der Waals surface area contributed by atoms with E-state index >= 15 is 0 Å². The number of carboxylic acids is 1. The van der Waals surface area contributed by atoms with Gasteiger partial charge in [-0.05, 0) is 0 Å². The third kappa shape index (κ3) is 2.55. The van der Waals surface area contributed by atoms with Crippen molar-refractivity contribution in [2.75, 3.05) is 0 Å². The average molecular weight is 200 g/mol. The number of phenolic OH excluding ortho intramolecular Hbond substituents is 1. The molecule has 0 fully saturated rings. The third-order valence-corrected chi connectivity index (χ3v) is 1.30. The van der Waals surface area contributed by atoms with E-state index in [2.05, 4.69) is 0 Å². The van der Waals surface area contributed by atoms with Gasteiger partial charge in [-0.15, -0.1) is 0 Å². The normalized spacial score (nSPS) is 8.71. The number of carbonyl (C=O) groups is 1. The lowest BCUT2D eigenvalue weighted by Crippen LogP contribution is -1.96. The van der Waals surface area contributed by atoms with Gasteiger partial charge in [-0.1, -0.05) is 13.8 Å². The molecule has 0 amide bonds. The van der Waals surface area contributed by atoms with E-state index < -0.39 is 28.8 Å². The highest BCUT2D eigenvalue weighted by Gasteiger charge is 2.15. The van der Waals surface area contributed by atoms with Crippen LogP contribution in [0.1, 0.15) is 24.2 Å². The van der Waals surface area contributed by atoms with Crippen molar-refractivity contribution in [1.29, 1.82) is 0 Å². The molecule has 0 saturated carbocycles. The molecule has 0 unspecified atom stereocenters. The van der Waals surface area contributed by atoms with E-state index in [4.69, 9.17) is 20.4 Å². The Morgan fingerprint density at radius 1 is 1.07 bits per heavy atom. The Balaban J connectivity index is 0.000000791. The Hall–Kier alpha value is -1.91. The summed E-state index contributed by atoms with van der Waals surface area (Å²) in [5.41, 5.74) is -0.618. The van der Waals surface area contributed by atoms with Crippen LogP contribution in [0, 0.1) is 0 Å². The lowest BCUT2D eigenvalue weighted by molar-refractivity contribution is 0.0690. The fraction of sp³-hybridized carbons (Fsp3) is 0.222. The van der Waals surface area contributed by atoms with E-state index in [1.807, 2.05) is 13.8 Å². The predicted molar refractivity (Wildman–Crippen MR) is 49.7 cm³/mol. The summed E-state index contributed by atoms with van der Waals surface area (Å²) in [6.45, 7) is 4.00. The number of benzene rings is 1. The summed E-state index contributed by atoms with van der Waals surface area (Å²) in [5.74, 6) is -3.18. The van der Waals surface area contributed by atoms with Crippen LogP contribution >= 0.6 is 0 Å². The van der Waals surface area contributed by atoms with Crippen molar-refractivity contribution in [3.8, 4) is 17.2 Å². The van der Waals surface area contributed by atoms with Crippen LogP contribution in [0.4, 0.5) is 0 Å². The monoisotopic (exact) mass is 200 g/mol. The van der Waals surface area contributed by atoms with Crippen molar-refractivity contribution >= 4 is 5.97 Å². The van der Waals surface area contributed by atoms with Gasteiger partial charge >= 0.3 is 5.97 Å². The van der Waals surface area contributed by atoms with Crippen molar-refractivity contribution in [1.82, 2.24) is 0 Å². The average Bonchev–Trinajstić information content (AvgIpc) is 2.04. The first kappa shape index (κ1) is 12.1. The van der Waals surface area contributed by atoms with E-state index in [0.29, 0.717) is 0 Å². The summed E-state index contributed by atoms with van der Waals surface area (Å²) >= 11 is 0. The molecule has 1 aromatic rings. The van der Waals surface area contributed by atoms with Gasteiger partial charge in [0.1, 0.15) is 22.8 Å². The van der Waals surface area contributed by atoms with Crippen LogP contribution < -0.4 is 0 Å². The van der Waals surface area contributed by atoms with Crippen LogP contribution in [0.2, 0.25) is 0 Å². The molecule has 0 bridgehead atoms. The summed E-state index contributed by atoms with van der Waals surface area (Å²) in [4.78, 5) is 10.4. The van der Waals surface area contributed by atoms with Crippen LogP contribution in [0.25, 0.3) is 0 Å². The molecule has 78 valence electrons. The molecular weight excluding hydrogens is 188 g/mol. The van der Waals surface area contributed by atoms with Gasteiger partial charge in [0.15, 0.2) is 0 Å². The zero-order chi connectivity index (χ0) is 11.3. The number of aromatic carboxylic acids is 1. The molecule has 4 N–H and O–H groups in total.